The van der Waals surface area contributed by atoms with Gasteiger partial charge in [-0.05, 0) is 24.0 Å². The fourth-order valence-electron chi connectivity index (χ4n) is 1.13. The summed E-state index contributed by atoms with van der Waals surface area (Å²) >= 11 is 11.2. The summed E-state index contributed by atoms with van der Waals surface area (Å²) in [6.45, 7) is 6.74. The predicted octanol–water partition coefficient (Wildman–Crippen LogP) is 5.27. The van der Waals surface area contributed by atoms with E-state index in [0.29, 0.717) is 10.2 Å². The molecule has 0 bridgehead atoms. The third-order valence-electron chi connectivity index (χ3n) is 1.69. The zero-order chi connectivity index (χ0) is 10.1. The predicted molar refractivity (Wildman–Crippen MR) is 65.1 cm³/mol. The van der Waals surface area contributed by atoms with Crippen molar-refractivity contribution >= 4 is 38.9 Å². The van der Waals surface area contributed by atoms with Crippen LogP contribution in [0.15, 0.2) is 12.1 Å². The van der Waals surface area contributed by atoms with E-state index in [0.717, 1.165) is 10.8 Å². The minimum absolute atomic E-state index is 0.352. The molecule has 1 unspecified atom stereocenters. The molecule has 0 radical (unpaired) electrons. The normalized spacial score (nSPS) is 14.5. The van der Waals surface area contributed by atoms with E-state index in [-0.39, 0.29) is 0 Å². The summed E-state index contributed by atoms with van der Waals surface area (Å²) in [4.78, 5) is 1.75. The Labute approximate surface area is 97.4 Å². The average molecular weight is 282 g/mol. The maximum atomic E-state index is 5.87. The van der Waals surface area contributed by atoms with Gasteiger partial charge >= 0.3 is 0 Å². The van der Waals surface area contributed by atoms with Crippen LogP contribution >= 0.6 is 38.9 Å². The van der Waals surface area contributed by atoms with Gasteiger partial charge in [0.05, 0.1) is 4.34 Å². The number of hydrogen-bond donors (Lipinski definition) is 0. The molecular formula is C10H14BrClS. The molecule has 0 fully saturated rings. The first kappa shape index (κ1) is 11.5. The Morgan fingerprint density at radius 2 is 2.08 bits per heavy atom. The number of hydrogen-bond acceptors (Lipinski definition) is 1. The topological polar surface area (TPSA) is 0 Å². The van der Waals surface area contributed by atoms with Gasteiger partial charge in [0.2, 0.25) is 0 Å². The Morgan fingerprint density at radius 3 is 2.46 bits per heavy atom. The first-order valence-electron chi connectivity index (χ1n) is 4.28. The summed E-state index contributed by atoms with van der Waals surface area (Å²) in [5.74, 6) is 0. The second-order valence-corrected chi connectivity index (χ2v) is 7.23. The number of alkyl halides is 1. The largest absolute Gasteiger partial charge is 0.127 e. The quantitative estimate of drug-likeness (QED) is 0.648. The van der Waals surface area contributed by atoms with E-state index >= 15 is 0 Å². The molecule has 74 valence electrons. The van der Waals surface area contributed by atoms with Crippen molar-refractivity contribution in [3.8, 4) is 0 Å². The molecule has 0 aromatic carbocycles. The summed E-state index contributed by atoms with van der Waals surface area (Å²) in [7, 11) is 0. The molecule has 1 aromatic heterocycles. The van der Waals surface area contributed by atoms with Gasteiger partial charge in [0.15, 0.2) is 0 Å². The van der Waals surface area contributed by atoms with Gasteiger partial charge in [-0.25, -0.2) is 0 Å². The third-order valence-corrected chi connectivity index (χ3v) is 4.16. The van der Waals surface area contributed by atoms with Crippen molar-refractivity contribution in [1.29, 1.82) is 0 Å². The van der Waals surface area contributed by atoms with Gasteiger partial charge in [-0.15, -0.1) is 11.3 Å². The van der Waals surface area contributed by atoms with Gasteiger partial charge in [0.1, 0.15) is 0 Å². The molecule has 0 amide bonds. The molecule has 3 heteroatoms. The fraction of sp³-hybridized carbons (Fsp3) is 0.600. The van der Waals surface area contributed by atoms with E-state index in [2.05, 4.69) is 42.8 Å². The van der Waals surface area contributed by atoms with E-state index < -0.39 is 0 Å². The highest BCUT2D eigenvalue weighted by atomic mass is 79.9. The summed E-state index contributed by atoms with van der Waals surface area (Å²) in [5, 5.41) is 0. The SMILES string of the molecule is CC(C)(C)CC(Br)c1ccc(Cl)s1. The molecule has 0 aliphatic carbocycles. The molecule has 1 aromatic rings. The Morgan fingerprint density at radius 1 is 1.46 bits per heavy atom. The highest BCUT2D eigenvalue weighted by Gasteiger charge is 2.18. The summed E-state index contributed by atoms with van der Waals surface area (Å²) < 4.78 is 0.869. The fourth-order valence-corrected chi connectivity index (χ4v) is 3.58. The molecule has 0 N–H and O–H groups in total. The van der Waals surface area contributed by atoms with E-state index in [4.69, 9.17) is 11.6 Å². The second-order valence-electron chi connectivity index (χ2n) is 4.37. The summed E-state index contributed by atoms with van der Waals surface area (Å²) in [6, 6.07) is 4.05. The van der Waals surface area contributed by atoms with Gasteiger partial charge < -0.3 is 0 Å². The highest BCUT2D eigenvalue weighted by molar-refractivity contribution is 9.09. The second kappa shape index (κ2) is 4.33. The van der Waals surface area contributed by atoms with Crippen molar-refractivity contribution < 1.29 is 0 Å². The van der Waals surface area contributed by atoms with Crippen LogP contribution in [-0.4, -0.2) is 0 Å². The smallest absolute Gasteiger partial charge is 0.0931 e. The van der Waals surface area contributed by atoms with Gasteiger partial charge in [0.25, 0.3) is 0 Å². The molecule has 0 spiro atoms. The van der Waals surface area contributed by atoms with Gasteiger partial charge in [-0.2, -0.15) is 0 Å². The number of rotatable bonds is 2. The monoisotopic (exact) mass is 280 g/mol. The van der Waals surface area contributed by atoms with Crippen molar-refractivity contribution in [2.75, 3.05) is 0 Å². The summed E-state index contributed by atoms with van der Waals surface area (Å²) in [6.07, 6.45) is 1.13. The molecule has 1 heterocycles. The first-order valence-corrected chi connectivity index (χ1v) is 6.39. The standard InChI is InChI=1S/C10H14BrClS/c1-10(2,3)6-7(11)8-4-5-9(12)13-8/h4-5,7H,6H2,1-3H3. The lowest BCUT2D eigenvalue weighted by molar-refractivity contribution is 0.378. The van der Waals surface area contributed by atoms with Crippen LogP contribution in [0.3, 0.4) is 0 Å². The lowest BCUT2D eigenvalue weighted by atomic mass is 9.90. The lowest BCUT2D eigenvalue weighted by Crippen LogP contribution is -2.07. The summed E-state index contributed by atoms with van der Waals surface area (Å²) in [5.41, 5.74) is 0.352. The van der Waals surface area contributed by atoms with Gasteiger partial charge in [0, 0.05) is 9.70 Å². The third kappa shape index (κ3) is 4.01. The maximum Gasteiger partial charge on any atom is 0.0931 e. The minimum Gasteiger partial charge on any atom is -0.127 e. The lowest BCUT2D eigenvalue weighted by Gasteiger charge is -2.21. The van der Waals surface area contributed by atoms with Crippen molar-refractivity contribution in [2.45, 2.75) is 32.0 Å². The molecule has 0 nitrogen and oxygen atoms in total. The highest BCUT2D eigenvalue weighted by Crippen LogP contribution is 2.39. The zero-order valence-electron chi connectivity index (χ0n) is 8.10. The molecular weight excluding hydrogens is 268 g/mol. The van der Waals surface area contributed by atoms with Crippen molar-refractivity contribution in [3.63, 3.8) is 0 Å². The average Bonchev–Trinajstić information content (AvgIpc) is 2.31. The van der Waals surface area contributed by atoms with E-state index in [1.54, 1.807) is 11.3 Å². The zero-order valence-corrected chi connectivity index (χ0v) is 11.3. The van der Waals surface area contributed by atoms with E-state index in [1.807, 2.05) is 6.07 Å². The van der Waals surface area contributed by atoms with Crippen LogP contribution in [0, 0.1) is 5.41 Å². The Bertz CT molecular complexity index is 275. The van der Waals surface area contributed by atoms with E-state index in [1.165, 1.54) is 4.88 Å². The van der Waals surface area contributed by atoms with Crippen LogP contribution in [0.2, 0.25) is 4.34 Å². The van der Waals surface area contributed by atoms with Gasteiger partial charge in [-0.3, -0.25) is 0 Å². The first-order chi connectivity index (χ1) is 5.88. The number of halogens is 2. The molecule has 0 aliphatic rings. The number of thiophene rings is 1. The molecule has 0 aliphatic heterocycles. The Balaban J connectivity index is 2.64. The molecule has 0 saturated heterocycles. The van der Waals surface area contributed by atoms with Crippen LogP contribution in [0.1, 0.15) is 36.9 Å². The van der Waals surface area contributed by atoms with Crippen LogP contribution in [0.25, 0.3) is 0 Å². The Kier molecular flexibility index (Phi) is 3.84. The van der Waals surface area contributed by atoms with Crippen molar-refractivity contribution in [1.82, 2.24) is 0 Å². The van der Waals surface area contributed by atoms with Crippen molar-refractivity contribution in [3.05, 3.63) is 21.3 Å². The van der Waals surface area contributed by atoms with E-state index in [9.17, 15) is 0 Å². The van der Waals surface area contributed by atoms with Crippen molar-refractivity contribution in [2.24, 2.45) is 5.41 Å². The molecule has 13 heavy (non-hydrogen) atoms. The molecule has 1 rings (SSSR count). The van der Waals surface area contributed by atoms with Crippen LogP contribution in [0.4, 0.5) is 0 Å². The maximum absolute atomic E-state index is 5.87. The Hall–Kier alpha value is 0.470. The van der Waals surface area contributed by atoms with Gasteiger partial charge in [-0.1, -0.05) is 48.3 Å². The van der Waals surface area contributed by atoms with Crippen LogP contribution < -0.4 is 0 Å². The minimum atomic E-state index is 0.352. The van der Waals surface area contributed by atoms with Crippen LogP contribution in [-0.2, 0) is 0 Å². The van der Waals surface area contributed by atoms with Crippen LogP contribution in [0.5, 0.6) is 0 Å². The molecule has 1 atom stereocenters. The molecule has 0 saturated carbocycles.